The molecule has 202 valence electrons. The third-order valence-electron chi connectivity index (χ3n) is 6.10. The number of rotatable bonds is 27. The van der Waals surface area contributed by atoms with Crippen LogP contribution in [0.3, 0.4) is 0 Å². The van der Waals surface area contributed by atoms with E-state index in [4.69, 9.17) is 5.90 Å². The second-order valence-corrected chi connectivity index (χ2v) is 10.4. The molecule has 0 aromatic heterocycles. The Morgan fingerprint density at radius 3 is 1.65 bits per heavy atom. The molecule has 0 spiro atoms. The molecule has 0 aliphatic heterocycles. The largest absolute Gasteiger partial charge is 0.356 e. The molecule has 4 N–H and O–H groups in total. The quantitative estimate of drug-likeness (QED) is 0.0642. The second-order valence-electron chi connectivity index (χ2n) is 9.46. The maximum absolute atomic E-state index is 11.9. The summed E-state index contributed by atoms with van der Waals surface area (Å²) in [6, 6.07) is 0. The van der Waals surface area contributed by atoms with Crippen LogP contribution >= 0.6 is 11.9 Å². The molecule has 0 aliphatic rings. The molecular weight excluding hydrogens is 446 g/mol. The zero-order valence-corrected chi connectivity index (χ0v) is 23.0. The number of carbonyl (C=O) groups is 2. The van der Waals surface area contributed by atoms with E-state index in [0.717, 1.165) is 44.3 Å². The summed E-state index contributed by atoms with van der Waals surface area (Å²) in [5, 5.41) is 2.85. The number of carbonyl (C=O) groups excluding carboxylic acids is 2. The van der Waals surface area contributed by atoms with Crippen LogP contribution in [0.1, 0.15) is 142 Å². The van der Waals surface area contributed by atoms with Crippen molar-refractivity contribution in [3.05, 3.63) is 0 Å². The van der Waals surface area contributed by atoms with Crippen molar-refractivity contribution in [1.29, 1.82) is 0 Å². The number of nitrogens with two attached hydrogens (primary N) is 1. The van der Waals surface area contributed by atoms with Crippen LogP contribution in [0.4, 0.5) is 0 Å². The first kappa shape index (κ1) is 33.2. The first-order chi connectivity index (χ1) is 16.7. The van der Waals surface area contributed by atoms with Gasteiger partial charge in [0.25, 0.3) is 0 Å². The number of nitrogens with one attached hydrogen (secondary N) is 2. The van der Waals surface area contributed by atoms with Crippen molar-refractivity contribution < 1.29 is 14.4 Å². The van der Waals surface area contributed by atoms with E-state index < -0.39 is 0 Å². The van der Waals surface area contributed by atoms with Crippen LogP contribution in [0.25, 0.3) is 0 Å². The van der Waals surface area contributed by atoms with Gasteiger partial charge in [0.05, 0.1) is 6.61 Å². The number of amides is 2. The van der Waals surface area contributed by atoms with Gasteiger partial charge >= 0.3 is 0 Å². The molecule has 0 rings (SSSR count). The predicted octanol–water partition coefficient (Wildman–Crippen LogP) is 6.97. The van der Waals surface area contributed by atoms with Crippen LogP contribution in [0.15, 0.2) is 0 Å². The molecule has 0 aromatic rings. The van der Waals surface area contributed by atoms with Crippen LogP contribution in [0.2, 0.25) is 0 Å². The standard InChI is InChI=1S/C27H55N3O3S/c1-2-3-4-5-6-7-8-9-10-11-12-13-14-15-17-22-27(32)30-34-25-19-16-18-21-26(31)29-23-20-24-33-28/h2-25,28H2,1H3,(H,29,31)(H,30,32). The Morgan fingerprint density at radius 2 is 1.12 bits per heavy atom. The van der Waals surface area contributed by atoms with Gasteiger partial charge in [0.2, 0.25) is 11.8 Å². The van der Waals surface area contributed by atoms with Crippen molar-refractivity contribution in [2.24, 2.45) is 5.90 Å². The molecular formula is C27H55N3O3S. The van der Waals surface area contributed by atoms with Crippen molar-refractivity contribution in [3.63, 3.8) is 0 Å². The predicted molar refractivity (Wildman–Crippen MR) is 146 cm³/mol. The molecule has 34 heavy (non-hydrogen) atoms. The van der Waals surface area contributed by atoms with E-state index in [1.807, 2.05) is 0 Å². The summed E-state index contributed by atoms with van der Waals surface area (Å²) in [4.78, 5) is 28.0. The van der Waals surface area contributed by atoms with Gasteiger partial charge < -0.3 is 14.9 Å². The van der Waals surface area contributed by atoms with Gasteiger partial charge in [0.15, 0.2) is 0 Å². The maximum atomic E-state index is 11.9. The molecule has 0 radical (unpaired) electrons. The average Bonchev–Trinajstić information content (AvgIpc) is 2.83. The summed E-state index contributed by atoms with van der Waals surface area (Å²) in [6.45, 7) is 3.35. The molecule has 0 aliphatic carbocycles. The Balaban J connectivity index is 3.22. The van der Waals surface area contributed by atoms with Crippen molar-refractivity contribution in [2.75, 3.05) is 18.9 Å². The minimum Gasteiger partial charge on any atom is -0.356 e. The first-order valence-electron chi connectivity index (χ1n) is 14.2. The highest BCUT2D eigenvalue weighted by atomic mass is 32.2. The first-order valence-corrected chi connectivity index (χ1v) is 15.2. The van der Waals surface area contributed by atoms with E-state index >= 15 is 0 Å². The van der Waals surface area contributed by atoms with Gasteiger partial charge in [0, 0.05) is 25.1 Å². The van der Waals surface area contributed by atoms with Crippen molar-refractivity contribution in [3.8, 4) is 0 Å². The van der Waals surface area contributed by atoms with Crippen molar-refractivity contribution in [1.82, 2.24) is 10.0 Å². The summed E-state index contributed by atoms with van der Waals surface area (Å²) in [5.41, 5.74) is 0. The Morgan fingerprint density at radius 1 is 0.647 bits per heavy atom. The number of hydrogen-bond acceptors (Lipinski definition) is 5. The average molecular weight is 502 g/mol. The topological polar surface area (TPSA) is 93.5 Å². The summed E-state index contributed by atoms with van der Waals surface area (Å²) >= 11 is 1.50. The Hall–Kier alpha value is -0.790. The zero-order valence-electron chi connectivity index (χ0n) is 22.2. The van der Waals surface area contributed by atoms with Crippen molar-refractivity contribution in [2.45, 2.75) is 142 Å². The van der Waals surface area contributed by atoms with E-state index in [0.29, 0.717) is 26.0 Å². The Labute approximate surface area is 214 Å². The van der Waals surface area contributed by atoms with Crippen LogP contribution < -0.4 is 15.9 Å². The lowest BCUT2D eigenvalue weighted by atomic mass is 10.0. The van der Waals surface area contributed by atoms with Gasteiger partial charge in [-0.25, -0.2) is 5.90 Å². The van der Waals surface area contributed by atoms with E-state index in [-0.39, 0.29) is 11.8 Å². The SMILES string of the molecule is CCCCCCCCCCCCCCCCCC(=O)NSCCCCCC(=O)NCCCON. The van der Waals surface area contributed by atoms with E-state index in [9.17, 15) is 9.59 Å². The molecule has 0 heterocycles. The molecule has 2 amide bonds. The fraction of sp³-hybridized carbons (Fsp3) is 0.926. The summed E-state index contributed by atoms with van der Waals surface area (Å²) in [7, 11) is 0. The lowest BCUT2D eigenvalue weighted by Gasteiger charge is -2.06. The highest BCUT2D eigenvalue weighted by molar-refractivity contribution is 7.97. The van der Waals surface area contributed by atoms with Crippen LogP contribution in [-0.4, -0.2) is 30.7 Å². The molecule has 0 unspecified atom stereocenters. The van der Waals surface area contributed by atoms with Crippen LogP contribution in [0, 0.1) is 0 Å². The van der Waals surface area contributed by atoms with Crippen LogP contribution in [0.5, 0.6) is 0 Å². The normalized spacial score (nSPS) is 11.0. The van der Waals surface area contributed by atoms with E-state index in [2.05, 4.69) is 21.8 Å². The lowest BCUT2D eigenvalue weighted by molar-refractivity contribution is -0.121. The number of hydrogen-bond donors (Lipinski definition) is 3. The molecule has 0 bridgehead atoms. The van der Waals surface area contributed by atoms with Gasteiger partial charge in [-0.15, -0.1) is 0 Å². The Kier molecular flexibility index (Phi) is 27.8. The van der Waals surface area contributed by atoms with Gasteiger partial charge in [-0.05, 0) is 25.7 Å². The fourth-order valence-corrected chi connectivity index (χ4v) is 4.66. The molecule has 6 nitrogen and oxygen atoms in total. The summed E-state index contributed by atoms with van der Waals surface area (Å²) in [6.07, 6.45) is 25.0. The van der Waals surface area contributed by atoms with Gasteiger partial charge in [-0.3, -0.25) is 9.59 Å². The molecule has 0 saturated heterocycles. The Bertz CT molecular complexity index is 453. The molecule has 0 atom stereocenters. The number of unbranched alkanes of at least 4 members (excludes halogenated alkanes) is 16. The van der Waals surface area contributed by atoms with Gasteiger partial charge in [0.1, 0.15) is 0 Å². The maximum Gasteiger partial charge on any atom is 0.229 e. The summed E-state index contributed by atoms with van der Waals surface area (Å²) < 4.78 is 2.95. The van der Waals surface area contributed by atoms with Gasteiger partial charge in [-0.2, -0.15) is 0 Å². The van der Waals surface area contributed by atoms with Gasteiger partial charge in [-0.1, -0.05) is 115 Å². The fourth-order valence-electron chi connectivity index (χ4n) is 3.95. The summed E-state index contributed by atoms with van der Waals surface area (Å²) in [5.74, 6) is 6.08. The highest BCUT2D eigenvalue weighted by Gasteiger charge is 2.03. The van der Waals surface area contributed by atoms with Crippen molar-refractivity contribution >= 4 is 23.8 Å². The van der Waals surface area contributed by atoms with E-state index in [1.165, 1.54) is 95.4 Å². The smallest absolute Gasteiger partial charge is 0.229 e. The molecule has 0 fully saturated rings. The van der Waals surface area contributed by atoms with Crippen LogP contribution in [-0.2, 0) is 14.4 Å². The molecule has 7 heteroatoms. The monoisotopic (exact) mass is 501 g/mol. The second kappa shape index (κ2) is 28.4. The third kappa shape index (κ3) is 27.5. The van der Waals surface area contributed by atoms with E-state index in [1.54, 1.807) is 0 Å². The molecule has 0 aromatic carbocycles. The minimum atomic E-state index is 0.0847. The highest BCUT2D eigenvalue weighted by Crippen LogP contribution is 2.14. The molecule has 0 saturated carbocycles. The minimum absolute atomic E-state index is 0.0847. The third-order valence-corrected chi connectivity index (χ3v) is 6.97. The zero-order chi connectivity index (χ0) is 25.0. The lowest BCUT2D eigenvalue weighted by Crippen LogP contribution is -2.25.